The normalized spacial score (nSPS) is 11.0. The summed E-state index contributed by atoms with van der Waals surface area (Å²) in [5.41, 5.74) is 1.51. The SMILES string of the molecule is COc1cccc(Oc2ccc(Cl)cc2NC(=O)/C(=C/c2ccco2)NC(=O)c2ccccc2C)c1. The topological polar surface area (TPSA) is 89.8 Å². The summed E-state index contributed by atoms with van der Waals surface area (Å²) in [7, 11) is 1.56. The van der Waals surface area contributed by atoms with E-state index in [0.717, 1.165) is 5.56 Å². The summed E-state index contributed by atoms with van der Waals surface area (Å²) in [5, 5.41) is 5.86. The molecule has 2 amide bonds. The number of benzene rings is 3. The van der Waals surface area contributed by atoms with Gasteiger partial charge in [-0.25, -0.2) is 0 Å². The maximum absolute atomic E-state index is 13.4. The Bertz CT molecular complexity index is 1410. The number of nitrogens with one attached hydrogen (secondary N) is 2. The van der Waals surface area contributed by atoms with Crippen molar-refractivity contribution in [1.82, 2.24) is 5.32 Å². The fourth-order valence-corrected chi connectivity index (χ4v) is 3.53. The van der Waals surface area contributed by atoms with Crippen molar-refractivity contribution in [2.24, 2.45) is 0 Å². The van der Waals surface area contributed by atoms with Crippen molar-refractivity contribution in [2.45, 2.75) is 6.92 Å². The molecule has 0 aliphatic heterocycles. The molecule has 0 fully saturated rings. The predicted molar refractivity (Wildman–Crippen MR) is 138 cm³/mol. The van der Waals surface area contributed by atoms with Crippen molar-refractivity contribution >= 4 is 35.2 Å². The first-order valence-electron chi connectivity index (χ1n) is 11.0. The summed E-state index contributed by atoms with van der Waals surface area (Å²) in [4.78, 5) is 26.3. The molecule has 3 aromatic carbocycles. The van der Waals surface area contributed by atoms with Gasteiger partial charge in [0.05, 0.1) is 19.1 Å². The van der Waals surface area contributed by atoms with Crippen LogP contribution in [0.1, 0.15) is 21.7 Å². The second-order valence-electron chi connectivity index (χ2n) is 7.72. The van der Waals surface area contributed by atoms with Crippen LogP contribution in [0.3, 0.4) is 0 Å². The molecule has 1 aromatic heterocycles. The van der Waals surface area contributed by atoms with Gasteiger partial charge in [-0.05, 0) is 61.0 Å². The van der Waals surface area contributed by atoms with Crippen LogP contribution in [0.5, 0.6) is 17.2 Å². The lowest BCUT2D eigenvalue weighted by molar-refractivity contribution is -0.113. The number of carbonyl (C=O) groups excluding carboxylic acids is 2. The zero-order chi connectivity index (χ0) is 25.5. The molecule has 7 nitrogen and oxygen atoms in total. The first-order chi connectivity index (χ1) is 17.4. The van der Waals surface area contributed by atoms with E-state index in [1.807, 2.05) is 19.1 Å². The summed E-state index contributed by atoms with van der Waals surface area (Å²) in [6.45, 7) is 1.82. The molecule has 2 N–H and O–H groups in total. The lowest BCUT2D eigenvalue weighted by Gasteiger charge is -2.15. The van der Waals surface area contributed by atoms with Crippen molar-refractivity contribution in [3.8, 4) is 17.2 Å². The largest absolute Gasteiger partial charge is 0.497 e. The summed E-state index contributed by atoms with van der Waals surface area (Å²) < 4.78 is 16.6. The average Bonchev–Trinajstić information content (AvgIpc) is 3.39. The molecule has 36 heavy (non-hydrogen) atoms. The molecule has 4 aromatic rings. The molecule has 1 heterocycles. The Morgan fingerprint density at radius 3 is 2.50 bits per heavy atom. The lowest BCUT2D eigenvalue weighted by atomic mass is 10.1. The van der Waals surface area contributed by atoms with E-state index in [9.17, 15) is 9.59 Å². The van der Waals surface area contributed by atoms with E-state index in [4.69, 9.17) is 25.5 Å². The Hall–Kier alpha value is -4.49. The third-order valence-corrected chi connectivity index (χ3v) is 5.41. The van der Waals surface area contributed by atoms with E-state index in [1.165, 1.54) is 12.3 Å². The van der Waals surface area contributed by atoms with Crippen molar-refractivity contribution in [1.29, 1.82) is 0 Å². The van der Waals surface area contributed by atoms with Crippen molar-refractivity contribution in [3.05, 3.63) is 113 Å². The molecule has 8 heteroatoms. The molecule has 0 atom stereocenters. The number of anilines is 1. The summed E-state index contributed by atoms with van der Waals surface area (Å²) in [6.07, 6.45) is 2.92. The summed E-state index contributed by atoms with van der Waals surface area (Å²) in [6, 6.07) is 22.3. The van der Waals surface area contributed by atoms with Crippen molar-refractivity contribution in [2.75, 3.05) is 12.4 Å². The molecule has 0 bridgehead atoms. The first-order valence-corrected chi connectivity index (χ1v) is 11.4. The van der Waals surface area contributed by atoms with Gasteiger partial charge >= 0.3 is 0 Å². The third-order valence-electron chi connectivity index (χ3n) is 5.17. The van der Waals surface area contributed by atoms with Crippen LogP contribution in [0, 0.1) is 6.92 Å². The van der Waals surface area contributed by atoms with Gasteiger partial charge in [0.15, 0.2) is 5.75 Å². The van der Waals surface area contributed by atoms with E-state index < -0.39 is 11.8 Å². The molecule has 0 saturated heterocycles. The zero-order valence-corrected chi connectivity index (χ0v) is 20.3. The maximum atomic E-state index is 13.4. The van der Waals surface area contributed by atoms with Crippen molar-refractivity contribution < 1.29 is 23.5 Å². The van der Waals surface area contributed by atoms with Crippen LogP contribution in [0.4, 0.5) is 5.69 Å². The number of halogens is 1. The minimum Gasteiger partial charge on any atom is -0.497 e. The number of rotatable bonds is 8. The molecule has 0 unspecified atom stereocenters. The van der Waals surface area contributed by atoms with Gasteiger partial charge in [0.25, 0.3) is 11.8 Å². The number of ether oxygens (including phenoxy) is 2. The van der Waals surface area contributed by atoms with Gasteiger partial charge in [-0.15, -0.1) is 0 Å². The highest BCUT2D eigenvalue weighted by molar-refractivity contribution is 6.31. The highest BCUT2D eigenvalue weighted by Crippen LogP contribution is 2.33. The minimum atomic E-state index is -0.592. The van der Waals surface area contributed by atoms with Crippen LogP contribution >= 0.6 is 11.6 Å². The number of methoxy groups -OCH3 is 1. The number of hydrogen-bond acceptors (Lipinski definition) is 5. The molecule has 4 rings (SSSR count). The second kappa shape index (κ2) is 11.3. The molecule has 182 valence electrons. The number of amides is 2. The average molecular weight is 503 g/mol. The molecule has 0 aliphatic carbocycles. The van der Waals surface area contributed by atoms with Gasteiger partial charge in [-0.2, -0.15) is 0 Å². The maximum Gasteiger partial charge on any atom is 0.272 e. The van der Waals surface area contributed by atoms with E-state index in [-0.39, 0.29) is 5.70 Å². The molecular weight excluding hydrogens is 480 g/mol. The monoisotopic (exact) mass is 502 g/mol. The Morgan fingerprint density at radius 1 is 0.944 bits per heavy atom. The zero-order valence-electron chi connectivity index (χ0n) is 19.6. The van der Waals surface area contributed by atoms with Gasteiger partial charge in [-0.3, -0.25) is 9.59 Å². The van der Waals surface area contributed by atoms with Crippen LogP contribution in [-0.4, -0.2) is 18.9 Å². The number of hydrogen-bond donors (Lipinski definition) is 2. The highest BCUT2D eigenvalue weighted by Gasteiger charge is 2.19. The highest BCUT2D eigenvalue weighted by atomic mass is 35.5. The Balaban J connectivity index is 1.62. The summed E-state index contributed by atoms with van der Waals surface area (Å²) >= 11 is 6.20. The Kier molecular flexibility index (Phi) is 7.72. The Labute approximate surface area is 213 Å². The summed E-state index contributed by atoms with van der Waals surface area (Å²) in [5.74, 6) is 0.847. The number of furan rings is 1. The molecule has 0 spiro atoms. The number of carbonyl (C=O) groups is 2. The van der Waals surface area contributed by atoms with Gasteiger partial charge in [0.1, 0.15) is 23.0 Å². The smallest absolute Gasteiger partial charge is 0.272 e. The second-order valence-corrected chi connectivity index (χ2v) is 8.15. The van der Waals surface area contributed by atoms with E-state index >= 15 is 0 Å². The quantitative estimate of drug-likeness (QED) is 0.270. The first kappa shape index (κ1) is 24.6. The fourth-order valence-electron chi connectivity index (χ4n) is 3.36. The van der Waals surface area contributed by atoms with E-state index in [2.05, 4.69) is 10.6 Å². The number of aryl methyl sites for hydroxylation is 1. The Morgan fingerprint density at radius 2 is 1.75 bits per heavy atom. The van der Waals surface area contributed by atoms with Gasteiger partial charge in [0, 0.05) is 22.7 Å². The van der Waals surface area contributed by atoms with Crippen LogP contribution < -0.4 is 20.1 Å². The van der Waals surface area contributed by atoms with E-state index in [0.29, 0.717) is 39.3 Å². The molecule has 0 radical (unpaired) electrons. The van der Waals surface area contributed by atoms with Crippen LogP contribution in [0.25, 0.3) is 6.08 Å². The van der Waals surface area contributed by atoms with Crippen molar-refractivity contribution in [3.63, 3.8) is 0 Å². The van der Waals surface area contributed by atoms with Crippen LogP contribution in [-0.2, 0) is 4.79 Å². The lowest BCUT2D eigenvalue weighted by Crippen LogP contribution is -2.31. The molecular formula is C28H23ClN2O5. The van der Waals surface area contributed by atoms with Gasteiger partial charge in [0.2, 0.25) is 0 Å². The fraction of sp³-hybridized carbons (Fsp3) is 0.0714. The van der Waals surface area contributed by atoms with Crippen LogP contribution in [0.15, 0.2) is 95.2 Å². The third kappa shape index (κ3) is 6.14. The predicted octanol–water partition coefficient (Wildman–Crippen LogP) is 6.45. The van der Waals surface area contributed by atoms with Gasteiger partial charge < -0.3 is 24.5 Å². The van der Waals surface area contributed by atoms with Crippen LogP contribution in [0.2, 0.25) is 5.02 Å². The standard InChI is InChI=1S/C28H23ClN2O5/c1-18-7-3-4-11-23(18)27(32)31-25(17-21-10-6-14-35-21)28(33)30-24-15-19(29)12-13-26(24)36-22-9-5-8-20(16-22)34-2/h3-17H,1-2H3,(H,30,33)(H,31,32)/b25-17-. The minimum absolute atomic E-state index is 0.0227. The van der Waals surface area contributed by atoms with Gasteiger partial charge in [-0.1, -0.05) is 35.9 Å². The molecule has 0 saturated carbocycles. The molecule has 0 aliphatic rings. The van der Waals surface area contributed by atoms with E-state index in [1.54, 1.807) is 73.8 Å².